The van der Waals surface area contributed by atoms with E-state index in [1.807, 2.05) is 36.1 Å². The van der Waals surface area contributed by atoms with Crippen molar-refractivity contribution in [3.8, 4) is 5.75 Å². The normalized spacial score (nSPS) is 17.2. The van der Waals surface area contributed by atoms with Crippen LogP contribution in [0.2, 0.25) is 0 Å². The molecule has 1 aliphatic rings. The largest absolute Gasteiger partial charge is 0.494 e. The number of hydrogen-bond acceptors (Lipinski definition) is 8. The highest BCUT2D eigenvalue weighted by molar-refractivity contribution is 6.03. The Morgan fingerprint density at radius 3 is 2.83 bits per heavy atom. The average molecular weight is 476 g/mol. The molecule has 182 valence electrons. The lowest BCUT2D eigenvalue weighted by molar-refractivity contribution is -0.156. The molecule has 1 fully saturated rings. The van der Waals surface area contributed by atoms with E-state index in [4.69, 9.17) is 9.47 Å². The van der Waals surface area contributed by atoms with Gasteiger partial charge < -0.3 is 20.1 Å². The van der Waals surface area contributed by atoms with Gasteiger partial charge >= 0.3 is 5.97 Å². The van der Waals surface area contributed by atoms with Gasteiger partial charge in [0.15, 0.2) is 0 Å². The molecule has 0 radical (unpaired) electrons. The number of aromatic nitrogens is 2. The maximum Gasteiger partial charge on any atom is 0.320 e. The summed E-state index contributed by atoms with van der Waals surface area (Å²) in [5.41, 5.74) is 2.33. The fourth-order valence-electron chi connectivity index (χ4n) is 4.03. The lowest BCUT2D eigenvalue weighted by Crippen LogP contribution is -2.44. The summed E-state index contributed by atoms with van der Waals surface area (Å²) in [5, 5.41) is 7.07. The standard InChI is InChI=1S/C26H29N5O4/c1-17-14-31(15-25(33)35-17)11-7-10-24(32)30-22-12-20-21(13-23(22)34-3)27-16-28-26(20)29-18(2)19-8-5-4-6-9-19/h4-10,12-13,16-18H,11,14-15H2,1-3H3,(H,30,32)(H,27,28,29)/t17-,18-/m1/s1. The predicted octanol–water partition coefficient (Wildman–Crippen LogP) is 3.55. The third kappa shape index (κ3) is 6.13. The number of nitrogens with one attached hydrogen (secondary N) is 2. The molecule has 1 aromatic heterocycles. The molecule has 1 amide bonds. The van der Waals surface area contributed by atoms with E-state index in [0.29, 0.717) is 35.9 Å². The average Bonchev–Trinajstić information content (AvgIpc) is 2.84. The Labute approximate surface area is 204 Å². The van der Waals surface area contributed by atoms with Crippen LogP contribution in [0.4, 0.5) is 11.5 Å². The Kier molecular flexibility index (Phi) is 7.57. The number of fused-ring (bicyclic) bond motifs is 1. The molecular formula is C26H29N5O4. The van der Waals surface area contributed by atoms with E-state index < -0.39 is 0 Å². The zero-order chi connectivity index (χ0) is 24.8. The minimum Gasteiger partial charge on any atom is -0.494 e. The summed E-state index contributed by atoms with van der Waals surface area (Å²) in [4.78, 5) is 34.9. The molecule has 4 rings (SSSR count). The van der Waals surface area contributed by atoms with Gasteiger partial charge in [0.2, 0.25) is 5.91 Å². The summed E-state index contributed by atoms with van der Waals surface area (Å²) in [6.07, 6.45) is 4.52. The van der Waals surface area contributed by atoms with Gasteiger partial charge in [-0.3, -0.25) is 14.5 Å². The van der Waals surface area contributed by atoms with Crippen LogP contribution in [-0.4, -0.2) is 59.6 Å². The predicted molar refractivity (Wildman–Crippen MR) is 134 cm³/mol. The smallest absolute Gasteiger partial charge is 0.320 e. The van der Waals surface area contributed by atoms with Gasteiger partial charge in [0.1, 0.15) is 24.0 Å². The maximum absolute atomic E-state index is 12.6. The summed E-state index contributed by atoms with van der Waals surface area (Å²) in [7, 11) is 1.54. The van der Waals surface area contributed by atoms with Gasteiger partial charge in [0.25, 0.3) is 0 Å². The van der Waals surface area contributed by atoms with Crippen LogP contribution in [0, 0.1) is 0 Å². The Hall–Kier alpha value is -3.98. The van der Waals surface area contributed by atoms with Gasteiger partial charge in [-0.05, 0) is 25.5 Å². The molecule has 9 nitrogen and oxygen atoms in total. The number of hydrogen-bond donors (Lipinski definition) is 2. The van der Waals surface area contributed by atoms with Gasteiger partial charge in [0.05, 0.1) is 24.9 Å². The lowest BCUT2D eigenvalue weighted by Gasteiger charge is -2.29. The third-order valence-corrected chi connectivity index (χ3v) is 5.70. The molecule has 1 saturated heterocycles. The molecule has 35 heavy (non-hydrogen) atoms. The molecule has 3 aromatic rings. The highest BCUT2D eigenvalue weighted by atomic mass is 16.5. The minimum absolute atomic E-state index is 0.0205. The number of nitrogens with zero attached hydrogens (tertiary/aromatic N) is 3. The number of amides is 1. The lowest BCUT2D eigenvalue weighted by atomic mass is 10.1. The second kappa shape index (κ2) is 11.0. The van der Waals surface area contributed by atoms with Crippen molar-refractivity contribution >= 4 is 34.3 Å². The van der Waals surface area contributed by atoms with E-state index in [2.05, 4.69) is 39.7 Å². The van der Waals surface area contributed by atoms with E-state index in [9.17, 15) is 9.59 Å². The Balaban J connectivity index is 1.50. The number of rotatable bonds is 8. The highest BCUT2D eigenvalue weighted by Gasteiger charge is 2.22. The molecular weight excluding hydrogens is 446 g/mol. The molecule has 2 heterocycles. The fraction of sp³-hybridized carbons (Fsp3) is 0.308. The first kappa shape index (κ1) is 24.2. The summed E-state index contributed by atoms with van der Waals surface area (Å²) in [5.74, 6) is 0.591. The van der Waals surface area contributed by atoms with Gasteiger partial charge in [0, 0.05) is 36.7 Å². The molecule has 0 aliphatic carbocycles. The number of benzene rings is 2. The summed E-state index contributed by atoms with van der Waals surface area (Å²) in [6.45, 7) is 5.23. The zero-order valence-electron chi connectivity index (χ0n) is 20.0. The molecule has 2 aromatic carbocycles. The maximum atomic E-state index is 12.6. The third-order valence-electron chi connectivity index (χ3n) is 5.70. The Bertz CT molecular complexity index is 1230. The first-order valence-corrected chi connectivity index (χ1v) is 11.5. The van der Waals surface area contributed by atoms with Gasteiger partial charge in [-0.2, -0.15) is 0 Å². The quantitative estimate of drug-likeness (QED) is 0.376. The van der Waals surface area contributed by atoms with Crippen LogP contribution in [0.3, 0.4) is 0 Å². The van der Waals surface area contributed by atoms with Gasteiger partial charge in [-0.1, -0.05) is 36.4 Å². The van der Waals surface area contributed by atoms with E-state index in [1.54, 1.807) is 19.3 Å². The molecule has 2 atom stereocenters. The van der Waals surface area contributed by atoms with E-state index in [0.717, 1.165) is 10.9 Å². The summed E-state index contributed by atoms with van der Waals surface area (Å²) in [6, 6.07) is 13.7. The van der Waals surface area contributed by atoms with Crippen molar-refractivity contribution in [1.82, 2.24) is 14.9 Å². The summed E-state index contributed by atoms with van der Waals surface area (Å²) >= 11 is 0. The number of ether oxygens (including phenoxy) is 2. The first-order valence-electron chi connectivity index (χ1n) is 11.5. The molecule has 9 heteroatoms. The van der Waals surface area contributed by atoms with Crippen molar-refractivity contribution in [3.05, 3.63) is 66.5 Å². The van der Waals surface area contributed by atoms with Crippen molar-refractivity contribution in [2.75, 3.05) is 37.4 Å². The highest BCUT2D eigenvalue weighted by Crippen LogP contribution is 2.33. The Morgan fingerprint density at radius 1 is 1.29 bits per heavy atom. The molecule has 2 N–H and O–H groups in total. The number of carbonyl (C=O) groups is 2. The van der Waals surface area contributed by atoms with Crippen LogP contribution >= 0.6 is 0 Å². The van der Waals surface area contributed by atoms with Crippen LogP contribution in [0.1, 0.15) is 25.5 Å². The van der Waals surface area contributed by atoms with Crippen LogP contribution in [-0.2, 0) is 14.3 Å². The number of morpholine rings is 1. The number of cyclic esters (lactones) is 1. The minimum atomic E-state index is -0.306. The number of esters is 1. The van der Waals surface area contributed by atoms with Crippen LogP contribution in [0.25, 0.3) is 10.9 Å². The molecule has 0 unspecified atom stereocenters. The molecule has 0 spiro atoms. The van der Waals surface area contributed by atoms with Crippen LogP contribution < -0.4 is 15.4 Å². The van der Waals surface area contributed by atoms with Crippen molar-refractivity contribution in [2.24, 2.45) is 0 Å². The summed E-state index contributed by atoms with van der Waals surface area (Å²) < 4.78 is 10.6. The van der Waals surface area contributed by atoms with Crippen molar-refractivity contribution < 1.29 is 19.1 Å². The Morgan fingerprint density at radius 2 is 2.09 bits per heavy atom. The number of anilines is 2. The second-order valence-electron chi connectivity index (χ2n) is 8.45. The molecule has 0 saturated carbocycles. The zero-order valence-corrected chi connectivity index (χ0v) is 20.0. The van der Waals surface area contributed by atoms with E-state index in [-0.39, 0.29) is 30.6 Å². The second-order valence-corrected chi connectivity index (χ2v) is 8.45. The van der Waals surface area contributed by atoms with E-state index in [1.165, 1.54) is 12.4 Å². The number of carbonyl (C=O) groups excluding carboxylic acids is 2. The fourth-order valence-corrected chi connectivity index (χ4v) is 4.03. The van der Waals surface area contributed by atoms with Crippen LogP contribution in [0.15, 0.2) is 60.9 Å². The first-order chi connectivity index (χ1) is 16.9. The van der Waals surface area contributed by atoms with Crippen LogP contribution in [0.5, 0.6) is 5.75 Å². The van der Waals surface area contributed by atoms with E-state index >= 15 is 0 Å². The van der Waals surface area contributed by atoms with Crippen molar-refractivity contribution in [2.45, 2.75) is 26.0 Å². The van der Waals surface area contributed by atoms with Gasteiger partial charge in [-0.15, -0.1) is 0 Å². The monoisotopic (exact) mass is 475 g/mol. The van der Waals surface area contributed by atoms with Crippen molar-refractivity contribution in [3.63, 3.8) is 0 Å². The SMILES string of the molecule is COc1cc2ncnc(N[C@H](C)c3ccccc3)c2cc1NC(=O)C=CCN1CC(=O)O[C@H](C)C1. The van der Waals surface area contributed by atoms with Crippen molar-refractivity contribution in [1.29, 1.82) is 0 Å². The number of methoxy groups -OCH3 is 1. The topological polar surface area (TPSA) is 106 Å². The van der Waals surface area contributed by atoms with Gasteiger partial charge in [-0.25, -0.2) is 9.97 Å². The molecule has 1 aliphatic heterocycles. The molecule has 0 bridgehead atoms.